The molecule has 0 aliphatic carbocycles. The number of nitrogens with one attached hydrogen (secondary N) is 2. The normalized spacial score (nSPS) is 11.7. The number of hydrogen-bond donors (Lipinski definition) is 2. The lowest BCUT2D eigenvalue weighted by Crippen LogP contribution is -2.42. The van der Waals surface area contributed by atoms with Gasteiger partial charge in [0, 0.05) is 17.8 Å². The van der Waals surface area contributed by atoms with Crippen LogP contribution in [0.2, 0.25) is 0 Å². The lowest BCUT2D eigenvalue weighted by Gasteiger charge is -2.07. The van der Waals surface area contributed by atoms with Gasteiger partial charge in [-0.2, -0.15) is 0 Å². The van der Waals surface area contributed by atoms with Gasteiger partial charge >= 0.3 is 0 Å². The molecule has 3 rings (SSSR count). The number of carbonyl (C=O) groups is 1. The third-order valence-corrected chi connectivity index (χ3v) is 4.97. The van der Waals surface area contributed by atoms with E-state index in [0.29, 0.717) is 5.69 Å². The van der Waals surface area contributed by atoms with Gasteiger partial charge in [0.1, 0.15) is 5.82 Å². The third-order valence-electron chi connectivity index (χ3n) is 2.93. The van der Waals surface area contributed by atoms with Crippen molar-refractivity contribution >= 4 is 32.2 Å². The van der Waals surface area contributed by atoms with Crippen LogP contribution in [-0.4, -0.2) is 23.7 Å². The molecule has 0 spiro atoms. The number of fused-ring (bicyclic) bond motifs is 1. The summed E-state index contributed by atoms with van der Waals surface area (Å²) in [4.78, 5) is 18.6. The van der Waals surface area contributed by atoms with Crippen LogP contribution in [0.3, 0.4) is 0 Å². The number of hydrazine groups is 1. The van der Waals surface area contributed by atoms with Gasteiger partial charge < -0.3 is 0 Å². The zero-order valence-electron chi connectivity index (χ0n) is 11.6. The zero-order chi connectivity index (χ0) is 16.4. The Balaban J connectivity index is 1.61. The molecule has 0 unspecified atom stereocenters. The second kappa shape index (κ2) is 6.07. The van der Waals surface area contributed by atoms with Crippen LogP contribution >= 0.6 is 11.3 Å². The summed E-state index contributed by atoms with van der Waals surface area (Å²) in [5, 5.41) is 1.86. The van der Waals surface area contributed by atoms with Crippen LogP contribution in [0.4, 0.5) is 4.39 Å². The van der Waals surface area contributed by atoms with E-state index in [9.17, 15) is 17.6 Å². The molecule has 0 bridgehead atoms. The summed E-state index contributed by atoms with van der Waals surface area (Å²) in [6.45, 7) is 0. The Hall–Kier alpha value is -2.30. The average molecular weight is 354 g/mol. The second-order valence-electron chi connectivity index (χ2n) is 4.61. The van der Waals surface area contributed by atoms with Gasteiger partial charge in [-0.15, -0.1) is 16.2 Å². The van der Waals surface area contributed by atoms with Gasteiger partial charge in [0.15, 0.2) is 4.96 Å². The maximum Gasteiger partial charge on any atom is 0.257 e. The molecule has 1 amide bonds. The second-order valence-corrected chi connectivity index (χ2v) is 7.16. The van der Waals surface area contributed by atoms with Gasteiger partial charge in [0.05, 0.1) is 17.0 Å². The fourth-order valence-electron chi connectivity index (χ4n) is 1.87. The van der Waals surface area contributed by atoms with Crippen LogP contribution in [0.5, 0.6) is 0 Å². The van der Waals surface area contributed by atoms with Crippen molar-refractivity contribution in [3.8, 4) is 0 Å². The molecule has 7 nitrogen and oxygen atoms in total. The molecule has 0 radical (unpaired) electrons. The molecule has 0 aliphatic rings. The molecule has 2 aromatic heterocycles. The van der Waals surface area contributed by atoms with E-state index in [1.54, 1.807) is 10.6 Å². The van der Waals surface area contributed by atoms with Crippen molar-refractivity contribution in [3.63, 3.8) is 0 Å². The molecule has 0 fully saturated rings. The first-order valence-electron chi connectivity index (χ1n) is 6.41. The quantitative estimate of drug-likeness (QED) is 0.671. The molecular weight excluding hydrogens is 343 g/mol. The SMILES string of the molecule is O=C(Cc1cn2ccsc2n1)NNS(=O)(=O)c1ccc(F)cc1. The van der Waals surface area contributed by atoms with Gasteiger partial charge in [-0.25, -0.2) is 17.8 Å². The number of hydrogen-bond acceptors (Lipinski definition) is 5. The number of carbonyl (C=O) groups excluding carboxylic acids is 1. The van der Waals surface area contributed by atoms with E-state index in [0.717, 1.165) is 29.2 Å². The van der Waals surface area contributed by atoms with Crippen LogP contribution in [0.15, 0.2) is 46.9 Å². The summed E-state index contributed by atoms with van der Waals surface area (Å²) in [7, 11) is -3.95. The molecular formula is C13H11FN4O3S2. The Morgan fingerprint density at radius 1 is 1.30 bits per heavy atom. The molecule has 2 heterocycles. The first kappa shape index (κ1) is 15.6. The monoisotopic (exact) mass is 354 g/mol. The number of thiazole rings is 1. The molecule has 0 aliphatic heterocycles. The first-order chi connectivity index (χ1) is 10.9. The Bertz CT molecular complexity index is 919. The van der Waals surface area contributed by atoms with E-state index in [-0.39, 0.29) is 11.3 Å². The predicted molar refractivity (Wildman–Crippen MR) is 81.6 cm³/mol. The van der Waals surface area contributed by atoms with Crippen molar-refractivity contribution in [3.05, 3.63) is 53.6 Å². The summed E-state index contributed by atoms with van der Waals surface area (Å²) in [6.07, 6.45) is 3.44. The van der Waals surface area contributed by atoms with Crippen molar-refractivity contribution < 1.29 is 17.6 Å². The highest BCUT2D eigenvalue weighted by molar-refractivity contribution is 7.89. The standard InChI is InChI=1S/C13H11FN4O3S2/c14-9-1-3-11(4-2-9)23(20,21)17-16-12(19)7-10-8-18-5-6-22-13(18)15-10/h1-6,8,17H,7H2,(H,16,19). The maximum atomic E-state index is 12.8. The van der Waals surface area contributed by atoms with Gasteiger partial charge in [0.2, 0.25) is 5.91 Å². The summed E-state index contributed by atoms with van der Waals surface area (Å²) in [6, 6.07) is 4.25. The van der Waals surface area contributed by atoms with E-state index in [1.165, 1.54) is 11.3 Å². The Morgan fingerprint density at radius 3 is 2.74 bits per heavy atom. The number of rotatable bonds is 5. The van der Waals surface area contributed by atoms with Crippen molar-refractivity contribution in [2.24, 2.45) is 0 Å². The minimum atomic E-state index is -3.95. The predicted octanol–water partition coefficient (Wildman–Crippen LogP) is 1.09. The molecule has 3 aromatic rings. The Labute approximate surface area is 134 Å². The molecule has 0 saturated heterocycles. The molecule has 120 valence electrons. The minimum Gasteiger partial charge on any atom is -0.297 e. The largest absolute Gasteiger partial charge is 0.297 e. The van der Waals surface area contributed by atoms with E-state index in [2.05, 4.69) is 10.4 Å². The van der Waals surface area contributed by atoms with Crippen LogP contribution in [0, 0.1) is 5.82 Å². The number of benzene rings is 1. The first-order valence-corrected chi connectivity index (χ1v) is 8.78. The van der Waals surface area contributed by atoms with Crippen molar-refractivity contribution in [1.29, 1.82) is 0 Å². The van der Waals surface area contributed by atoms with E-state index in [4.69, 9.17) is 0 Å². The lowest BCUT2D eigenvalue weighted by molar-refractivity contribution is -0.120. The lowest BCUT2D eigenvalue weighted by atomic mass is 10.3. The number of amides is 1. The third kappa shape index (κ3) is 3.55. The number of halogens is 1. The van der Waals surface area contributed by atoms with Gasteiger partial charge in [0.25, 0.3) is 10.0 Å². The van der Waals surface area contributed by atoms with Crippen molar-refractivity contribution in [1.82, 2.24) is 19.6 Å². The topological polar surface area (TPSA) is 92.6 Å². The van der Waals surface area contributed by atoms with E-state index < -0.39 is 21.7 Å². The van der Waals surface area contributed by atoms with Crippen LogP contribution in [0.25, 0.3) is 4.96 Å². The molecule has 0 atom stereocenters. The van der Waals surface area contributed by atoms with Crippen LogP contribution in [-0.2, 0) is 21.2 Å². The zero-order valence-corrected chi connectivity index (χ0v) is 13.2. The molecule has 2 N–H and O–H groups in total. The molecule has 1 aromatic carbocycles. The van der Waals surface area contributed by atoms with Crippen LogP contribution < -0.4 is 10.3 Å². The van der Waals surface area contributed by atoms with Crippen molar-refractivity contribution in [2.45, 2.75) is 11.3 Å². The summed E-state index contributed by atoms with van der Waals surface area (Å²) >= 11 is 1.43. The highest BCUT2D eigenvalue weighted by Gasteiger charge is 2.16. The van der Waals surface area contributed by atoms with Gasteiger partial charge in [-0.05, 0) is 24.3 Å². The van der Waals surface area contributed by atoms with Crippen molar-refractivity contribution in [2.75, 3.05) is 0 Å². The van der Waals surface area contributed by atoms with Gasteiger partial charge in [-0.1, -0.05) is 0 Å². The van der Waals surface area contributed by atoms with E-state index >= 15 is 0 Å². The molecule has 0 saturated carbocycles. The molecule has 23 heavy (non-hydrogen) atoms. The summed E-state index contributed by atoms with van der Waals surface area (Å²) in [5.74, 6) is -1.10. The number of imidazole rings is 1. The number of aromatic nitrogens is 2. The number of sulfonamides is 1. The summed E-state index contributed by atoms with van der Waals surface area (Å²) < 4.78 is 38.4. The molecule has 10 heteroatoms. The number of nitrogens with zero attached hydrogens (tertiary/aromatic N) is 2. The average Bonchev–Trinajstić information content (AvgIpc) is 3.07. The highest BCUT2D eigenvalue weighted by Crippen LogP contribution is 2.12. The fourth-order valence-corrected chi connectivity index (χ4v) is 3.45. The Morgan fingerprint density at radius 2 is 2.04 bits per heavy atom. The maximum absolute atomic E-state index is 12.8. The minimum absolute atomic E-state index is 0.0691. The Kier molecular flexibility index (Phi) is 4.11. The fraction of sp³-hybridized carbons (Fsp3) is 0.0769. The van der Waals surface area contributed by atoms with E-state index in [1.807, 2.05) is 16.4 Å². The van der Waals surface area contributed by atoms with Gasteiger partial charge in [-0.3, -0.25) is 14.6 Å². The highest BCUT2D eigenvalue weighted by atomic mass is 32.2. The smallest absolute Gasteiger partial charge is 0.257 e. The van der Waals surface area contributed by atoms with Crippen LogP contribution in [0.1, 0.15) is 5.69 Å². The summed E-state index contributed by atoms with van der Waals surface area (Å²) in [5.41, 5.74) is 2.63.